The minimum atomic E-state index is -3.16. The first-order valence-corrected chi connectivity index (χ1v) is 5.41. The molecule has 1 unspecified atom stereocenters. The molecule has 1 saturated heterocycles. The topological polar surface area (TPSA) is 53.3 Å². The van der Waals surface area contributed by atoms with Crippen molar-refractivity contribution in [3.8, 4) is 6.07 Å². The van der Waals surface area contributed by atoms with Crippen LogP contribution in [0.3, 0.4) is 0 Å². The van der Waals surface area contributed by atoms with Crippen molar-refractivity contribution in [2.75, 3.05) is 13.1 Å². The van der Waals surface area contributed by atoms with E-state index < -0.39 is 30.1 Å². The highest BCUT2D eigenvalue weighted by atomic mass is 35.5. The summed E-state index contributed by atoms with van der Waals surface area (Å²) in [4.78, 5) is 12.5. The molecule has 1 fully saturated rings. The number of ether oxygens (including phenoxy) is 1. The van der Waals surface area contributed by atoms with Gasteiger partial charge in [0.1, 0.15) is 11.5 Å². The average molecular weight is 283 g/mol. The van der Waals surface area contributed by atoms with Crippen LogP contribution in [-0.2, 0) is 4.74 Å². The molecule has 1 amide bonds. The fraction of sp³-hybridized carbons (Fsp3) is 0.818. The molecule has 1 heterocycles. The van der Waals surface area contributed by atoms with Gasteiger partial charge in [-0.25, -0.2) is 13.6 Å². The Morgan fingerprint density at radius 2 is 2.06 bits per heavy atom. The fourth-order valence-electron chi connectivity index (χ4n) is 1.58. The second kappa shape index (κ2) is 5.70. The molecule has 0 N–H and O–H groups in total. The van der Waals surface area contributed by atoms with E-state index in [-0.39, 0.29) is 25.4 Å². The first-order chi connectivity index (χ1) is 7.65. The van der Waals surface area contributed by atoms with Crippen molar-refractivity contribution in [3.05, 3.63) is 0 Å². The molecule has 1 aliphatic rings. The number of hydrogen-bond donors (Lipinski definition) is 0. The predicted octanol–water partition coefficient (Wildman–Crippen LogP) is 2.82. The van der Waals surface area contributed by atoms with Crippen molar-refractivity contribution >= 4 is 18.5 Å². The van der Waals surface area contributed by atoms with Gasteiger partial charge in [-0.15, -0.1) is 12.4 Å². The van der Waals surface area contributed by atoms with Gasteiger partial charge in [0, 0.05) is 6.54 Å². The van der Waals surface area contributed by atoms with Gasteiger partial charge in [0.15, 0.2) is 0 Å². The lowest BCUT2D eigenvalue weighted by molar-refractivity contribution is -0.0929. The summed E-state index contributed by atoms with van der Waals surface area (Å²) in [5, 5.41) is 8.57. The Kier molecular flexibility index (Phi) is 5.35. The number of amides is 1. The number of carbonyl (C=O) groups excluding carboxylic acids is 1. The largest absolute Gasteiger partial charge is 0.444 e. The highest BCUT2D eigenvalue weighted by molar-refractivity contribution is 5.85. The normalized spacial score (nSPS) is 22.7. The van der Waals surface area contributed by atoms with E-state index in [1.807, 2.05) is 0 Å². The van der Waals surface area contributed by atoms with Crippen LogP contribution in [0.2, 0.25) is 0 Å². The lowest BCUT2D eigenvalue weighted by Gasteiger charge is -2.36. The molecule has 0 saturated carbocycles. The lowest BCUT2D eigenvalue weighted by Crippen LogP contribution is -2.51. The summed E-state index contributed by atoms with van der Waals surface area (Å²) in [6, 6.07) is 1.57. The van der Waals surface area contributed by atoms with Crippen LogP contribution >= 0.6 is 12.4 Å². The molecule has 1 aliphatic heterocycles. The zero-order valence-electron chi connectivity index (χ0n) is 10.6. The van der Waals surface area contributed by atoms with Gasteiger partial charge in [0.2, 0.25) is 0 Å². The van der Waals surface area contributed by atoms with E-state index in [1.165, 1.54) is 0 Å². The van der Waals surface area contributed by atoms with Crippen LogP contribution in [0, 0.1) is 17.2 Å². The summed E-state index contributed by atoms with van der Waals surface area (Å²) in [5.74, 6) is -4.48. The molecule has 104 valence electrons. The maximum absolute atomic E-state index is 13.4. The number of carbonyl (C=O) groups is 1. The van der Waals surface area contributed by atoms with E-state index in [4.69, 9.17) is 10.00 Å². The molecule has 18 heavy (non-hydrogen) atoms. The molecular formula is C11H17ClF2N2O2. The van der Waals surface area contributed by atoms with Gasteiger partial charge in [-0.05, 0) is 27.2 Å². The summed E-state index contributed by atoms with van der Waals surface area (Å²) in [7, 11) is 0. The smallest absolute Gasteiger partial charge is 0.410 e. The number of piperidine rings is 1. The Labute approximate surface area is 111 Å². The molecule has 0 aromatic heterocycles. The summed E-state index contributed by atoms with van der Waals surface area (Å²) >= 11 is 0. The Hall–Kier alpha value is -1.09. The average Bonchev–Trinajstić information content (AvgIpc) is 2.13. The van der Waals surface area contributed by atoms with E-state index >= 15 is 0 Å². The van der Waals surface area contributed by atoms with Crippen LogP contribution in [0.15, 0.2) is 0 Å². The lowest BCUT2D eigenvalue weighted by atomic mass is 9.95. The molecule has 0 aliphatic carbocycles. The highest BCUT2D eigenvalue weighted by Crippen LogP contribution is 2.32. The van der Waals surface area contributed by atoms with Gasteiger partial charge in [-0.3, -0.25) is 0 Å². The van der Waals surface area contributed by atoms with Gasteiger partial charge in [-0.1, -0.05) is 0 Å². The number of alkyl halides is 2. The summed E-state index contributed by atoms with van der Waals surface area (Å²) in [6.07, 6.45) is -0.781. The first-order valence-electron chi connectivity index (χ1n) is 5.41. The SMILES string of the molecule is CC(C)(C)OC(=O)N1CCC(C#N)C(F)(F)C1.Cl. The molecule has 0 spiro atoms. The van der Waals surface area contributed by atoms with Crippen LogP contribution in [0.5, 0.6) is 0 Å². The zero-order valence-corrected chi connectivity index (χ0v) is 11.4. The minimum absolute atomic E-state index is 0. The number of nitrogens with zero attached hydrogens (tertiary/aromatic N) is 2. The highest BCUT2D eigenvalue weighted by Gasteiger charge is 2.46. The van der Waals surface area contributed by atoms with E-state index in [2.05, 4.69) is 0 Å². The van der Waals surface area contributed by atoms with Crippen LogP contribution in [0.4, 0.5) is 13.6 Å². The van der Waals surface area contributed by atoms with Crippen molar-refractivity contribution in [1.82, 2.24) is 4.90 Å². The van der Waals surface area contributed by atoms with Crippen molar-refractivity contribution in [1.29, 1.82) is 5.26 Å². The zero-order chi connectivity index (χ0) is 13.3. The van der Waals surface area contributed by atoms with Gasteiger partial charge < -0.3 is 9.64 Å². The number of likely N-dealkylation sites (tertiary alicyclic amines) is 1. The standard InChI is InChI=1S/C11H16F2N2O2.ClH/c1-10(2,3)17-9(16)15-5-4-8(6-14)11(12,13)7-15;/h8H,4-5,7H2,1-3H3;1H. The molecule has 1 atom stereocenters. The van der Waals surface area contributed by atoms with Gasteiger partial charge in [0.25, 0.3) is 5.92 Å². The summed E-state index contributed by atoms with van der Waals surface area (Å²) in [5.41, 5.74) is -0.710. The molecule has 1 rings (SSSR count). The third-order valence-electron chi connectivity index (χ3n) is 2.41. The first kappa shape index (κ1) is 16.9. The molecule has 0 aromatic carbocycles. The number of rotatable bonds is 0. The molecule has 0 aromatic rings. The van der Waals surface area contributed by atoms with E-state index in [0.717, 1.165) is 4.90 Å². The van der Waals surface area contributed by atoms with Gasteiger partial charge >= 0.3 is 6.09 Å². The van der Waals surface area contributed by atoms with E-state index in [0.29, 0.717) is 0 Å². The number of hydrogen-bond acceptors (Lipinski definition) is 3. The summed E-state index contributed by atoms with van der Waals surface area (Å²) in [6.45, 7) is 4.39. The van der Waals surface area contributed by atoms with Crippen LogP contribution in [0.1, 0.15) is 27.2 Å². The molecule has 7 heteroatoms. The predicted molar refractivity (Wildman–Crippen MR) is 63.7 cm³/mol. The molecule has 0 radical (unpaired) electrons. The van der Waals surface area contributed by atoms with Crippen LogP contribution < -0.4 is 0 Å². The van der Waals surface area contributed by atoms with Gasteiger partial charge in [-0.2, -0.15) is 5.26 Å². The third kappa shape index (κ3) is 4.30. The number of halogens is 3. The van der Waals surface area contributed by atoms with Crippen molar-refractivity contribution in [2.24, 2.45) is 5.92 Å². The van der Waals surface area contributed by atoms with Crippen molar-refractivity contribution in [2.45, 2.75) is 38.7 Å². The van der Waals surface area contributed by atoms with E-state index in [1.54, 1.807) is 26.8 Å². The monoisotopic (exact) mass is 282 g/mol. The Morgan fingerprint density at radius 1 is 1.50 bits per heavy atom. The van der Waals surface area contributed by atoms with Crippen LogP contribution in [-0.4, -0.2) is 35.6 Å². The third-order valence-corrected chi connectivity index (χ3v) is 2.41. The molecular weight excluding hydrogens is 266 g/mol. The van der Waals surface area contributed by atoms with Crippen molar-refractivity contribution < 1.29 is 18.3 Å². The fourth-order valence-corrected chi connectivity index (χ4v) is 1.58. The minimum Gasteiger partial charge on any atom is -0.444 e. The molecule has 4 nitrogen and oxygen atoms in total. The molecule has 0 bridgehead atoms. The van der Waals surface area contributed by atoms with Crippen molar-refractivity contribution in [3.63, 3.8) is 0 Å². The Morgan fingerprint density at radius 3 is 2.44 bits per heavy atom. The quantitative estimate of drug-likeness (QED) is 0.686. The van der Waals surface area contributed by atoms with Crippen LogP contribution in [0.25, 0.3) is 0 Å². The van der Waals surface area contributed by atoms with Gasteiger partial charge in [0.05, 0.1) is 12.6 Å². The Balaban J connectivity index is 0.00000289. The second-order valence-corrected chi connectivity index (χ2v) is 5.13. The maximum atomic E-state index is 13.4. The number of nitriles is 1. The summed E-state index contributed by atoms with van der Waals surface area (Å²) < 4.78 is 31.9. The maximum Gasteiger partial charge on any atom is 0.410 e. The Bertz CT molecular complexity index is 350. The van der Waals surface area contributed by atoms with E-state index in [9.17, 15) is 13.6 Å². The second-order valence-electron chi connectivity index (χ2n) is 5.13.